The second kappa shape index (κ2) is 6.82. The minimum absolute atomic E-state index is 0.0346. The van der Waals surface area contributed by atoms with Crippen LogP contribution < -0.4 is 0 Å². The number of carbonyl (C=O) groups is 1. The maximum Gasteiger partial charge on any atom is 0.226 e. The molecule has 1 aromatic carbocycles. The van der Waals surface area contributed by atoms with Crippen molar-refractivity contribution in [3.63, 3.8) is 0 Å². The molecule has 0 saturated heterocycles. The number of carbonyl (C=O) groups excluding carboxylic acids is 1. The summed E-state index contributed by atoms with van der Waals surface area (Å²) in [5, 5.41) is 15.1. The first-order valence-corrected chi connectivity index (χ1v) is 8.15. The van der Waals surface area contributed by atoms with Crippen molar-refractivity contribution in [3.05, 3.63) is 41.3 Å². The van der Waals surface area contributed by atoms with Gasteiger partial charge >= 0.3 is 0 Å². The predicted molar refractivity (Wildman–Crippen MR) is 91.6 cm³/mol. The monoisotopic (exact) mass is 326 g/mol. The largest absolute Gasteiger partial charge is 0.361 e. The fourth-order valence-corrected chi connectivity index (χ4v) is 2.99. The summed E-state index contributed by atoms with van der Waals surface area (Å²) in [4.78, 5) is 17.6. The van der Waals surface area contributed by atoms with Crippen LogP contribution in [0.4, 0.5) is 0 Å². The highest BCUT2D eigenvalue weighted by Gasteiger charge is 2.18. The molecule has 7 nitrogen and oxygen atoms in total. The van der Waals surface area contributed by atoms with E-state index in [2.05, 4.69) is 44.7 Å². The van der Waals surface area contributed by atoms with Gasteiger partial charge in [-0.15, -0.1) is 10.2 Å². The van der Waals surface area contributed by atoms with Crippen molar-refractivity contribution < 1.29 is 4.79 Å². The van der Waals surface area contributed by atoms with Crippen LogP contribution in [0.5, 0.6) is 0 Å². The molecule has 1 atom stereocenters. The number of nitrogens with zero attached hydrogens (tertiary/aromatic N) is 4. The molecule has 24 heavy (non-hydrogen) atoms. The zero-order valence-electron chi connectivity index (χ0n) is 14.2. The van der Waals surface area contributed by atoms with E-state index in [0.29, 0.717) is 18.8 Å². The number of likely N-dealkylation sites (N-methyl/N-ethyl adjacent to an activating group) is 1. The van der Waals surface area contributed by atoms with Crippen molar-refractivity contribution in [1.29, 1.82) is 0 Å². The summed E-state index contributed by atoms with van der Waals surface area (Å²) >= 11 is 0. The Kier molecular flexibility index (Phi) is 4.59. The Morgan fingerprint density at radius 2 is 2.17 bits per heavy atom. The molecular weight excluding hydrogens is 304 g/mol. The third-order valence-corrected chi connectivity index (χ3v) is 4.39. The molecule has 2 heterocycles. The maximum absolute atomic E-state index is 12.6. The smallest absolute Gasteiger partial charge is 0.226 e. The highest BCUT2D eigenvalue weighted by Crippen LogP contribution is 2.23. The Morgan fingerprint density at radius 1 is 1.33 bits per heavy atom. The van der Waals surface area contributed by atoms with Crippen LogP contribution in [0.2, 0.25) is 0 Å². The number of aromatic amines is 2. The summed E-state index contributed by atoms with van der Waals surface area (Å²) in [7, 11) is 1.81. The minimum Gasteiger partial charge on any atom is -0.361 e. The Balaban J connectivity index is 1.70. The van der Waals surface area contributed by atoms with Gasteiger partial charge in [0.15, 0.2) is 5.82 Å². The summed E-state index contributed by atoms with van der Waals surface area (Å²) in [6.45, 7) is 4.67. The first-order chi connectivity index (χ1) is 11.6. The number of para-hydroxylation sites is 1. The van der Waals surface area contributed by atoms with E-state index in [-0.39, 0.29) is 11.8 Å². The van der Waals surface area contributed by atoms with Crippen LogP contribution in [0.1, 0.15) is 36.7 Å². The summed E-state index contributed by atoms with van der Waals surface area (Å²) in [6, 6.07) is 6.23. The SMILES string of the molecule is CCc1cccc2c(CC(=O)N(C)C[C@H](C)c3nn[nH]n3)c[nH]c12. The molecule has 0 fully saturated rings. The summed E-state index contributed by atoms with van der Waals surface area (Å²) in [5.41, 5.74) is 3.43. The van der Waals surface area contributed by atoms with Crippen LogP contribution in [0.3, 0.4) is 0 Å². The summed E-state index contributed by atoms with van der Waals surface area (Å²) < 4.78 is 0. The first kappa shape index (κ1) is 16.2. The van der Waals surface area contributed by atoms with Gasteiger partial charge in [0.2, 0.25) is 5.91 Å². The molecule has 0 unspecified atom stereocenters. The molecule has 0 spiro atoms. The van der Waals surface area contributed by atoms with Crippen LogP contribution in [0, 0.1) is 0 Å². The van der Waals surface area contributed by atoms with E-state index in [0.717, 1.165) is 22.9 Å². The number of hydrogen-bond acceptors (Lipinski definition) is 4. The zero-order valence-corrected chi connectivity index (χ0v) is 14.2. The van der Waals surface area contributed by atoms with Gasteiger partial charge in [0, 0.05) is 36.6 Å². The molecular formula is C17H22N6O. The molecule has 0 aliphatic carbocycles. The standard InChI is InChI=1S/C17H22N6O/c1-4-12-6-5-7-14-13(9-18-16(12)14)8-15(24)23(3)10-11(2)17-19-21-22-20-17/h5-7,9,11,18H,4,8,10H2,1-3H3,(H,19,20,21,22)/t11-/m0/s1. The van der Waals surface area contributed by atoms with Crippen molar-refractivity contribution in [1.82, 2.24) is 30.5 Å². The summed E-state index contributed by atoms with van der Waals surface area (Å²) in [5.74, 6) is 0.731. The molecule has 1 amide bonds. The van der Waals surface area contributed by atoms with Crippen molar-refractivity contribution in [2.24, 2.45) is 0 Å². The highest BCUT2D eigenvalue weighted by molar-refractivity contribution is 5.90. The van der Waals surface area contributed by atoms with Gasteiger partial charge in [0.1, 0.15) is 0 Å². The third-order valence-electron chi connectivity index (χ3n) is 4.39. The molecule has 2 N–H and O–H groups in total. The second-order valence-corrected chi connectivity index (χ2v) is 6.13. The minimum atomic E-state index is 0.0346. The van der Waals surface area contributed by atoms with E-state index in [1.165, 1.54) is 5.56 Å². The lowest BCUT2D eigenvalue weighted by Gasteiger charge is -2.19. The molecule has 0 saturated carbocycles. The predicted octanol–water partition coefficient (Wildman–Crippen LogP) is 2.05. The number of H-pyrrole nitrogens is 2. The molecule has 7 heteroatoms. The van der Waals surface area contributed by atoms with Gasteiger partial charge in [-0.1, -0.05) is 37.3 Å². The fourth-order valence-electron chi connectivity index (χ4n) is 2.99. The summed E-state index contributed by atoms with van der Waals surface area (Å²) in [6.07, 6.45) is 3.29. The van der Waals surface area contributed by atoms with Gasteiger partial charge in [0.05, 0.1) is 6.42 Å². The lowest BCUT2D eigenvalue weighted by Crippen LogP contribution is -2.31. The van der Waals surface area contributed by atoms with Gasteiger partial charge in [-0.2, -0.15) is 5.21 Å². The topological polar surface area (TPSA) is 90.6 Å². The normalized spacial score (nSPS) is 12.5. The van der Waals surface area contributed by atoms with Gasteiger partial charge in [0.25, 0.3) is 0 Å². The molecule has 2 aromatic heterocycles. The average Bonchev–Trinajstić information content (AvgIpc) is 3.24. The maximum atomic E-state index is 12.6. The molecule has 3 rings (SSSR count). The number of aryl methyl sites for hydroxylation is 1. The van der Waals surface area contributed by atoms with Crippen LogP contribution in [-0.2, 0) is 17.6 Å². The lowest BCUT2D eigenvalue weighted by molar-refractivity contribution is -0.129. The van der Waals surface area contributed by atoms with E-state index in [1.807, 2.05) is 26.2 Å². The van der Waals surface area contributed by atoms with Crippen molar-refractivity contribution in [2.75, 3.05) is 13.6 Å². The highest BCUT2D eigenvalue weighted by atomic mass is 16.2. The molecule has 126 valence electrons. The molecule has 3 aromatic rings. The van der Waals surface area contributed by atoms with E-state index in [1.54, 1.807) is 4.90 Å². The first-order valence-electron chi connectivity index (χ1n) is 8.15. The van der Waals surface area contributed by atoms with Crippen LogP contribution in [0.15, 0.2) is 24.4 Å². The fraction of sp³-hybridized carbons (Fsp3) is 0.412. The lowest BCUT2D eigenvalue weighted by atomic mass is 10.0. The number of rotatable bonds is 6. The van der Waals surface area contributed by atoms with Gasteiger partial charge in [-0.05, 0) is 17.5 Å². The van der Waals surface area contributed by atoms with Crippen molar-refractivity contribution in [2.45, 2.75) is 32.6 Å². The number of benzene rings is 1. The third kappa shape index (κ3) is 3.15. The number of fused-ring (bicyclic) bond motifs is 1. The Hall–Kier alpha value is -2.70. The Labute approximate surface area is 140 Å². The quantitative estimate of drug-likeness (QED) is 0.725. The van der Waals surface area contributed by atoms with Crippen molar-refractivity contribution >= 4 is 16.8 Å². The number of nitrogens with one attached hydrogen (secondary N) is 2. The Morgan fingerprint density at radius 3 is 2.88 bits per heavy atom. The van der Waals surface area contributed by atoms with Crippen LogP contribution in [0.25, 0.3) is 10.9 Å². The van der Waals surface area contributed by atoms with Gasteiger partial charge < -0.3 is 9.88 Å². The van der Waals surface area contributed by atoms with E-state index in [9.17, 15) is 4.79 Å². The van der Waals surface area contributed by atoms with Gasteiger partial charge in [-0.3, -0.25) is 4.79 Å². The van der Waals surface area contributed by atoms with Crippen LogP contribution >= 0.6 is 0 Å². The van der Waals surface area contributed by atoms with E-state index >= 15 is 0 Å². The second-order valence-electron chi connectivity index (χ2n) is 6.13. The molecule has 0 aliphatic heterocycles. The molecule has 0 aliphatic rings. The number of aromatic nitrogens is 5. The average molecular weight is 326 g/mol. The molecule has 0 bridgehead atoms. The number of hydrogen-bond donors (Lipinski definition) is 2. The zero-order chi connectivity index (χ0) is 17.1. The Bertz CT molecular complexity index is 823. The van der Waals surface area contributed by atoms with E-state index < -0.39 is 0 Å². The van der Waals surface area contributed by atoms with Crippen LogP contribution in [-0.4, -0.2) is 50.0 Å². The van der Waals surface area contributed by atoms with E-state index in [4.69, 9.17) is 0 Å². The van der Waals surface area contributed by atoms with Crippen molar-refractivity contribution in [3.8, 4) is 0 Å². The number of amides is 1. The molecule has 0 radical (unpaired) electrons. The van der Waals surface area contributed by atoms with Gasteiger partial charge in [-0.25, -0.2) is 0 Å². The number of tetrazole rings is 1.